The Morgan fingerprint density at radius 1 is 1.35 bits per heavy atom. The molecule has 0 aliphatic carbocycles. The number of aryl methyl sites for hydroxylation is 1. The molecule has 0 fully saturated rings. The van der Waals surface area contributed by atoms with Crippen molar-refractivity contribution in [2.75, 3.05) is 14.2 Å². The van der Waals surface area contributed by atoms with Crippen molar-refractivity contribution < 1.29 is 4.74 Å². The van der Waals surface area contributed by atoms with Crippen LogP contribution in [0.5, 0.6) is 0 Å². The van der Waals surface area contributed by atoms with Crippen molar-refractivity contribution in [2.24, 2.45) is 0 Å². The summed E-state index contributed by atoms with van der Waals surface area (Å²) in [6, 6.07) is 4.85. The van der Waals surface area contributed by atoms with Crippen molar-refractivity contribution in [2.45, 2.75) is 51.7 Å². The number of rotatable bonds is 7. The van der Waals surface area contributed by atoms with E-state index >= 15 is 0 Å². The molecule has 0 bridgehead atoms. The average Bonchev–Trinajstić information content (AvgIpc) is 2.82. The van der Waals surface area contributed by atoms with Gasteiger partial charge >= 0.3 is 0 Å². The lowest BCUT2D eigenvalue weighted by Crippen LogP contribution is -2.49. The number of hydrogen-bond acceptors (Lipinski definition) is 3. The molecule has 0 spiro atoms. The van der Waals surface area contributed by atoms with E-state index in [1.807, 2.05) is 18.4 Å². The molecule has 0 radical (unpaired) electrons. The summed E-state index contributed by atoms with van der Waals surface area (Å²) in [5.41, 5.74) is -0.0921. The predicted molar refractivity (Wildman–Crippen MR) is 76.0 cm³/mol. The van der Waals surface area contributed by atoms with E-state index in [-0.39, 0.29) is 5.60 Å². The van der Waals surface area contributed by atoms with Gasteiger partial charge < -0.3 is 10.1 Å². The molecular formula is C14H25NOS. The predicted octanol–water partition coefficient (Wildman–Crippen LogP) is 3.26. The van der Waals surface area contributed by atoms with Crippen LogP contribution in [0.2, 0.25) is 0 Å². The van der Waals surface area contributed by atoms with Gasteiger partial charge in [-0.05, 0) is 45.4 Å². The van der Waals surface area contributed by atoms with Crippen LogP contribution in [0.15, 0.2) is 12.1 Å². The van der Waals surface area contributed by atoms with E-state index in [1.54, 1.807) is 7.11 Å². The highest BCUT2D eigenvalue weighted by Crippen LogP contribution is 2.25. The fourth-order valence-corrected chi connectivity index (χ4v) is 3.08. The van der Waals surface area contributed by atoms with Crippen LogP contribution in [0.1, 0.15) is 36.9 Å². The van der Waals surface area contributed by atoms with Gasteiger partial charge in [0.2, 0.25) is 0 Å². The van der Waals surface area contributed by atoms with E-state index in [4.69, 9.17) is 4.74 Å². The SMILES string of the molecule is CCc1ccc(CC(NC)C(C)(CC)OC)s1. The molecule has 2 atom stereocenters. The summed E-state index contributed by atoms with van der Waals surface area (Å²) >= 11 is 1.92. The van der Waals surface area contributed by atoms with Gasteiger partial charge in [-0.2, -0.15) is 0 Å². The zero-order valence-corrected chi connectivity index (χ0v) is 12.5. The van der Waals surface area contributed by atoms with Crippen molar-refractivity contribution in [3.63, 3.8) is 0 Å². The number of nitrogens with one attached hydrogen (secondary N) is 1. The van der Waals surface area contributed by atoms with Gasteiger partial charge in [-0.15, -0.1) is 11.3 Å². The maximum Gasteiger partial charge on any atom is 0.0803 e. The standard InChI is InChI=1S/C14H25NOS/c1-6-11-8-9-12(17-11)10-13(15-4)14(3,7-2)16-5/h8-9,13,15H,6-7,10H2,1-5H3. The minimum absolute atomic E-state index is 0.0921. The second-order valence-electron chi connectivity index (χ2n) is 4.64. The second kappa shape index (κ2) is 6.53. The summed E-state index contributed by atoms with van der Waals surface area (Å²) in [6.07, 6.45) is 3.19. The Morgan fingerprint density at radius 3 is 2.41 bits per heavy atom. The van der Waals surface area contributed by atoms with Crippen LogP contribution in [-0.4, -0.2) is 25.8 Å². The molecule has 2 nitrogen and oxygen atoms in total. The van der Waals surface area contributed by atoms with E-state index in [9.17, 15) is 0 Å². The van der Waals surface area contributed by atoms with Crippen LogP contribution in [0.4, 0.5) is 0 Å². The number of likely N-dealkylation sites (N-methyl/N-ethyl adjacent to an activating group) is 1. The molecule has 0 aliphatic heterocycles. The summed E-state index contributed by atoms with van der Waals surface area (Å²) in [5.74, 6) is 0. The fraction of sp³-hybridized carbons (Fsp3) is 0.714. The molecule has 2 unspecified atom stereocenters. The molecular weight excluding hydrogens is 230 g/mol. The normalized spacial score (nSPS) is 16.8. The molecule has 3 heteroatoms. The van der Waals surface area contributed by atoms with E-state index in [0.717, 1.165) is 19.3 Å². The van der Waals surface area contributed by atoms with Crippen molar-refractivity contribution >= 4 is 11.3 Å². The highest BCUT2D eigenvalue weighted by Gasteiger charge is 2.31. The van der Waals surface area contributed by atoms with E-state index in [2.05, 4.69) is 38.2 Å². The van der Waals surface area contributed by atoms with Crippen LogP contribution >= 0.6 is 11.3 Å². The highest BCUT2D eigenvalue weighted by atomic mass is 32.1. The van der Waals surface area contributed by atoms with Gasteiger partial charge in [0.15, 0.2) is 0 Å². The van der Waals surface area contributed by atoms with E-state index in [0.29, 0.717) is 6.04 Å². The van der Waals surface area contributed by atoms with Crippen molar-refractivity contribution in [1.82, 2.24) is 5.32 Å². The molecule has 17 heavy (non-hydrogen) atoms. The third-order valence-electron chi connectivity index (χ3n) is 3.72. The number of methoxy groups -OCH3 is 1. The average molecular weight is 255 g/mol. The maximum atomic E-state index is 5.69. The lowest BCUT2D eigenvalue weighted by molar-refractivity contribution is -0.0266. The van der Waals surface area contributed by atoms with Gasteiger partial charge in [0.25, 0.3) is 0 Å². The first-order chi connectivity index (χ1) is 8.09. The van der Waals surface area contributed by atoms with E-state index < -0.39 is 0 Å². The molecule has 1 aromatic heterocycles. The topological polar surface area (TPSA) is 21.3 Å². The van der Waals surface area contributed by atoms with Gasteiger partial charge in [-0.3, -0.25) is 0 Å². The Labute approximate surface area is 109 Å². The Bertz CT molecular complexity index is 331. The van der Waals surface area contributed by atoms with Gasteiger partial charge in [0.05, 0.1) is 5.60 Å². The Kier molecular flexibility index (Phi) is 5.63. The zero-order chi connectivity index (χ0) is 12.9. The third kappa shape index (κ3) is 3.54. The van der Waals surface area contributed by atoms with Crippen LogP contribution in [0.3, 0.4) is 0 Å². The molecule has 0 aromatic carbocycles. The number of hydrogen-bond donors (Lipinski definition) is 1. The fourth-order valence-electron chi connectivity index (χ4n) is 2.08. The monoisotopic (exact) mass is 255 g/mol. The molecule has 1 rings (SSSR count). The first-order valence-electron chi connectivity index (χ1n) is 6.39. The second-order valence-corrected chi connectivity index (χ2v) is 5.89. The largest absolute Gasteiger partial charge is 0.377 e. The first kappa shape index (κ1) is 14.7. The van der Waals surface area contributed by atoms with Gasteiger partial charge in [-0.1, -0.05) is 13.8 Å². The molecule has 98 valence electrons. The zero-order valence-electron chi connectivity index (χ0n) is 11.7. The van der Waals surface area contributed by atoms with Gasteiger partial charge in [0, 0.05) is 22.9 Å². The lowest BCUT2D eigenvalue weighted by Gasteiger charge is -2.35. The summed E-state index contributed by atoms with van der Waals surface area (Å²) in [7, 11) is 3.83. The molecule has 0 saturated heterocycles. The molecule has 1 N–H and O–H groups in total. The maximum absolute atomic E-state index is 5.69. The summed E-state index contributed by atoms with van der Waals surface area (Å²) in [5, 5.41) is 3.40. The lowest BCUT2D eigenvalue weighted by atomic mass is 9.90. The minimum Gasteiger partial charge on any atom is -0.377 e. The highest BCUT2D eigenvalue weighted by molar-refractivity contribution is 7.11. The Morgan fingerprint density at radius 2 is 2.00 bits per heavy atom. The molecule has 1 heterocycles. The molecule has 0 amide bonds. The number of ether oxygens (including phenoxy) is 1. The van der Waals surface area contributed by atoms with E-state index in [1.165, 1.54) is 9.75 Å². The summed E-state index contributed by atoms with van der Waals surface area (Å²) in [4.78, 5) is 2.91. The smallest absolute Gasteiger partial charge is 0.0803 e. The molecule has 1 aromatic rings. The molecule has 0 saturated carbocycles. The van der Waals surface area contributed by atoms with Crippen LogP contribution < -0.4 is 5.32 Å². The van der Waals surface area contributed by atoms with Crippen molar-refractivity contribution in [3.05, 3.63) is 21.9 Å². The number of thiophene rings is 1. The quantitative estimate of drug-likeness (QED) is 0.807. The van der Waals surface area contributed by atoms with Gasteiger partial charge in [0.1, 0.15) is 0 Å². The molecule has 0 aliphatic rings. The van der Waals surface area contributed by atoms with Crippen molar-refractivity contribution in [3.8, 4) is 0 Å². The third-order valence-corrected chi connectivity index (χ3v) is 4.98. The summed E-state index contributed by atoms with van der Waals surface area (Å²) < 4.78 is 5.69. The first-order valence-corrected chi connectivity index (χ1v) is 7.21. The Balaban J connectivity index is 2.75. The van der Waals surface area contributed by atoms with Gasteiger partial charge in [-0.25, -0.2) is 0 Å². The van der Waals surface area contributed by atoms with Crippen molar-refractivity contribution in [1.29, 1.82) is 0 Å². The van der Waals surface area contributed by atoms with Crippen LogP contribution in [0, 0.1) is 0 Å². The van der Waals surface area contributed by atoms with Crippen LogP contribution in [0.25, 0.3) is 0 Å². The van der Waals surface area contributed by atoms with Crippen LogP contribution in [-0.2, 0) is 17.6 Å². The minimum atomic E-state index is -0.0921. The summed E-state index contributed by atoms with van der Waals surface area (Å²) in [6.45, 7) is 6.57. The Hall–Kier alpha value is -0.380.